The van der Waals surface area contributed by atoms with Gasteiger partial charge in [0.25, 0.3) is 5.91 Å². The van der Waals surface area contributed by atoms with Crippen LogP contribution in [0.15, 0.2) is 10.6 Å². The number of carbonyl (C=O) groups excluding carboxylic acids is 1. The summed E-state index contributed by atoms with van der Waals surface area (Å²) in [6.45, 7) is 8.18. The zero-order valence-electron chi connectivity index (χ0n) is 12.1. The number of aryl methyl sites for hydroxylation is 1. The summed E-state index contributed by atoms with van der Waals surface area (Å²) in [6.07, 6.45) is 2.43. The molecule has 0 spiro atoms. The molecule has 7 heteroatoms. The average molecular weight is 277 g/mol. The third-order valence-corrected chi connectivity index (χ3v) is 2.75. The Morgan fingerprint density at radius 1 is 1.45 bits per heavy atom. The number of aromatic nitrogens is 4. The smallest absolute Gasteiger partial charge is 0.291 e. The molecule has 0 fully saturated rings. The molecule has 2 heterocycles. The van der Waals surface area contributed by atoms with Crippen molar-refractivity contribution in [1.29, 1.82) is 0 Å². The Hall–Kier alpha value is -2.18. The van der Waals surface area contributed by atoms with Crippen molar-refractivity contribution in [3.8, 4) is 0 Å². The number of amides is 1. The molecule has 0 saturated carbocycles. The van der Waals surface area contributed by atoms with Crippen LogP contribution in [-0.2, 0) is 18.4 Å². The number of rotatable bonds is 4. The van der Waals surface area contributed by atoms with E-state index >= 15 is 0 Å². The van der Waals surface area contributed by atoms with Crippen LogP contribution < -0.4 is 5.32 Å². The van der Waals surface area contributed by atoms with Crippen LogP contribution in [0.2, 0.25) is 0 Å². The van der Waals surface area contributed by atoms with Crippen molar-refractivity contribution < 1.29 is 9.21 Å². The minimum Gasteiger partial charge on any atom is -0.444 e. The molecule has 0 bridgehead atoms. The van der Waals surface area contributed by atoms with Crippen molar-refractivity contribution in [3.05, 3.63) is 29.5 Å². The van der Waals surface area contributed by atoms with Gasteiger partial charge in [0, 0.05) is 11.8 Å². The normalized spacial score (nSPS) is 11.6. The zero-order valence-corrected chi connectivity index (χ0v) is 12.1. The van der Waals surface area contributed by atoms with Crippen LogP contribution >= 0.6 is 0 Å². The number of hydrogen-bond donors (Lipinski definition) is 2. The molecule has 2 rings (SSSR count). The highest BCUT2D eigenvalue weighted by molar-refractivity contribution is 5.90. The molecular formula is C13H19N5O2. The number of hydrogen-bond acceptors (Lipinski definition) is 5. The van der Waals surface area contributed by atoms with Gasteiger partial charge in [0.15, 0.2) is 0 Å². The molecule has 0 aromatic carbocycles. The van der Waals surface area contributed by atoms with Crippen LogP contribution in [0, 0.1) is 0 Å². The van der Waals surface area contributed by atoms with Crippen molar-refractivity contribution in [3.63, 3.8) is 0 Å². The first-order valence-corrected chi connectivity index (χ1v) is 6.55. The van der Waals surface area contributed by atoms with Gasteiger partial charge in [0.2, 0.25) is 11.7 Å². The van der Waals surface area contributed by atoms with Gasteiger partial charge in [-0.25, -0.2) is 9.97 Å². The van der Waals surface area contributed by atoms with E-state index in [1.54, 1.807) is 6.20 Å². The van der Waals surface area contributed by atoms with Gasteiger partial charge in [0.1, 0.15) is 11.6 Å². The first kappa shape index (κ1) is 14.2. The lowest BCUT2D eigenvalue weighted by Gasteiger charge is -2.12. The molecule has 0 aliphatic heterocycles. The summed E-state index contributed by atoms with van der Waals surface area (Å²) in [5.74, 6) is 1.71. The summed E-state index contributed by atoms with van der Waals surface area (Å²) >= 11 is 0. The van der Waals surface area contributed by atoms with E-state index in [-0.39, 0.29) is 23.7 Å². The van der Waals surface area contributed by atoms with E-state index in [4.69, 9.17) is 4.42 Å². The largest absolute Gasteiger partial charge is 0.444 e. The van der Waals surface area contributed by atoms with E-state index in [9.17, 15) is 4.79 Å². The van der Waals surface area contributed by atoms with Crippen molar-refractivity contribution in [2.45, 2.75) is 46.1 Å². The molecular weight excluding hydrogens is 258 g/mol. The molecule has 2 aromatic rings. The minimum atomic E-state index is -0.354. The Labute approximate surface area is 117 Å². The maximum atomic E-state index is 11.9. The van der Waals surface area contributed by atoms with Gasteiger partial charge >= 0.3 is 0 Å². The number of H-pyrrole nitrogens is 1. The second-order valence-corrected chi connectivity index (χ2v) is 5.51. The Bertz CT molecular complexity index is 594. The third kappa shape index (κ3) is 3.23. The highest BCUT2D eigenvalue weighted by atomic mass is 16.4. The van der Waals surface area contributed by atoms with Gasteiger partial charge in [-0.1, -0.05) is 27.7 Å². The van der Waals surface area contributed by atoms with Crippen molar-refractivity contribution in [2.24, 2.45) is 0 Å². The lowest BCUT2D eigenvalue weighted by Crippen LogP contribution is -2.24. The first-order valence-electron chi connectivity index (χ1n) is 6.55. The summed E-state index contributed by atoms with van der Waals surface area (Å²) in [4.78, 5) is 20.2. The Balaban J connectivity index is 1.96. The van der Waals surface area contributed by atoms with E-state index in [1.165, 1.54) is 0 Å². The standard InChI is InChI=1S/C13H19N5O2/c1-5-8-6-14-9(20-8)7-15-11(19)10-16-12(18-17-10)13(2,3)4/h6H,5,7H2,1-4H3,(H,15,19)(H,16,17,18). The number of oxazole rings is 1. The Morgan fingerprint density at radius 2 is 2.20 bits per heavy atom. The van der Waals surface area contributed by atoms with Crippen LogP contribution in [0.1, 0.15) is 55.8 Å². The Kier molecular flexibility index (Phi) is 3.87. The number of nitrogens with zero attached hydrogens (tertiary/aromatic N) is 3. The molecule has 7 nitrogen and oxygen atoms in total. The molecule has 0 radical (unpaired) electrons. The van der Waals surface area contributed by atoms with Crippen LogP contribution in [0.25, 0.3) is 0 Å². The van der Waals surface area contributed by atoms with Gasteiger partial charge in [-0.3, -0.25) is 9.89 Å². The van der Waals surface area contributed by atoms with Crippen molar-refractivity contribution in [2.75, 3.05) is 0 Å². The molecule has 0 aliphatic carbocycles. The van der Waals surface area contributed by atoms with Crippen LogP contribution in [0.4, 0.5) is 0 Å². The molecule has 0 saturated heterocycles. The van der Waals surface area contributed by atoms with Crippen LogP contribution in [-0.4, -0.2) is 26.1 Å². The van der Waals surface area contributed by atoms with E-state index in [1.807, 2.05) is 27.7 Å². The van der Waals surface area contributed by atoms with E-state index in [0.717, 1.165) is 12.2 Å². The molecule has 2 aromatic heterocycles. The first-order chi connectivity index (χ1) is 9.40. The Morgan fingerprint density at radius 3 is 2.75 bits per heavy atom. The van der Waals surface area contributed by atoms with Gasteiger partial charge in [-0.2, -0.15) is 0 Å². The molecule has 2 N–H and O–H groups in total. The third-order valence-electron chi connectivity index (χ3n) is 2.75. The van der Waals surface area contributed by atoms with Crippen molar-refractivity contribution in [1.82, 2.24) is 25.5 Å². The average Bonchev–Trinajstić information content (AvgIpc) is 3.04. The second kappa shape index (κ2) is 5.44. The van der Waals surface area contributed by atoms with Crippen LogP contribution in [0.3, 0.4) is 0 Å². The fourth-order valence-corrected chi connectivity index (χ4v) is 1.53. The summed E-state index contributed by atoms with van der Waals surface area (Å²) < 4.78 is 5.40. The lowest BCUT2D eigenvalue weighted by atomic mass is 9.96. The minimum absolute atomic E-state index is 0.122. The lowest BCUT2D eigenvalue weighted by molar-refractivity contribution is 0.0937. The summed E-state index contributed by atoms with van der Waals surface area (Å²) in [6, 6.07) is 0. The predicted molar refractivity (Wildman–Crippen MR) is 72.1 cm³/mol. The highest BCUT2D eigenvalue weighted by Gasteiger charge is 2.21. The number of aromatic amines is 1. The van der Waals surface area contributed by atoms with E-state index in [2.05, 4.69) is 25.5 Å². The topological polar surface area (TPSA) is 96.7 Å². The SMILES string of the molecule is CCc1cnc(CNC(=O)c2n[nH]c(C(C)(C)C)n2)o1. The van der Waals surface area contributed by atoms with Gasteiger partial charge in [0.05, 0.1) is 12.7 Å². The monoisotopic (exact) mass is 277 g/mol. The summed E-state index contributed by atoms with van der Waals surface area (Å²) in [5.41, 5.74) is -0.176. The summed E-state index contributed by atoms with van der Waals surface area (Å²) in [7, 11) is 0. The number of carbonyl (C=O) groups is 1. The molecule has 20 heavy (non-hydrogen) atoms. The molecule has 1 amide bonds. The fourth-order valence-electron chi connectivity index (χ4n) is 1.53. The van der Waals surface area contributed by atoms with E-state index in [0.29, 0.717) is 11.7 Å². The van der Waals surface area contributed by atoms with Crippen molar-refractivity contribution >= 4 is 5.91 Å². The summed E-state index contributed by atoms with van der Waals surface area (Å²) in [5, 5.41) is 9.37. The van der Waals surface area contributed by atoms with E-state index < -0.39 is 0 Å². The van der Waals surface area contributed by atoms with Gasteiger partial charge in [-0.05, 0) is 0 Å². The second-order valence-electron chi connectivity index (χ2n) is 5.51. The maximum Gasteiger partial charge on any atom is 0.291 e. The maximum absolute atomic E-state index is 11.9. The zero-order chi connectivity index (χ0) is 14.8. The van der Waals surface area contributed by atoms with Crippen LogP contribution in [0.5, 0.6) is 0 Å². The van der Waals surface area contributed by atoms with Gasteiger partial charge < -0.3 is 9.73 Å². The number of nitrogens with one attached hydrogen (secondary N) is 2. The fraction of sp³-hybridized carbons (Fsp3) is 0.538. The quantitative estimate of drug-likeness (QED) is 0.884. The molecule has 0 aliphatic rings. The predicted octanol–water partition coefficient (Wildman–Crippen LogP) is 1.58. The highest BCUT2D eigenvalue weighted by Crippen LogP contribution is 2.17. The molecule has 0 unspecified atom stereocenters. The molecule has 0 atom stereocenters. The molecule has 108 valence electrons. The van der Waals surface area contributed by atoms with Gasteiger partial charge in [-0.15, -0.1) is 5.10 Å².